The number of aliphatic hydroxyl groups is 1. The molecule has 3 heterocycles. The van der Waals surface area contributed by atoms with Crippen LogP contribution in [-0.2, 0) is 15.1 Å². The molecule has 4 aromatic carbocycles. The van der Waals surface area contributed by atoms with Crippen molar-refractivity contribution in [3.8, 4) is 11.5 Å². The normalized spacial score (nSPS) is 18.4. The summed E-state index contributed by atoms with van der Waals surface area (Å²) in [5.74, 6) is 1.38. The van der Waals surface area contributed by atoms with E-state index in [0.29, 0.717) is 57.2 Å². The van der Waals surface area contributed by atoms with E-state index < -0.39 is 23.7 Å². The molecule has 1 aliphatic rings. The fourth-order valence-electron chi connectivity index (χ4n) is 8.46. The molecule has 0 saturated carbocycles. The number of nitrogens with one attached hydrogen (secondary N) is 1. The van der Waals surface area contributed by atoms with E-state index >= 15 is 0 Å². The number of nitrogens with zero attached hydrogens (tertiary/aromatic N) is 4. The van der Waals surface area contributed by atoms with Crippen LogP contribution in [0.1, 0.15) is 60.5 Å². The molecule has 1 saturated heterocycles. The maximum absolute atomic E-state index is 13.2. The minimum atomic E-state index is -1.40. The number of hydrogen-bond acceptors (Lipinski definition) is 8. The minimum absolute atomic E-state index is 0.0141. The Kier molecular flexibility index (Phi) is 11.7. The zero-order chi connectivity index (χ0) is 40.2. The Morgan fingerprint density at radius 1 is 0.860 bits per heavy atom. The molecular weight excluding hydrogens is 742 g/mol. The van der Waals surface area contributed by atoms with Crippen LogP contribution in [0, 0.1) is 0 Å². The van der Waals surface area contributed by atoms with Crippen molar-refractivity contribution in [2.24, 2.45) is 0 Å². The summed E-state index contributed by atoms with van der Waals surface area (Å²) in [6, 6.07) is 34.7. The lowest BCUT2D eigenvalue weighted by Crippen LogP contribution is -2.68. The van der Waals surface area contributed by atoms with E-state index in [4.69, 9.17) is 30.5 Å². The average Bonchev–Trinajstić information content (AvgIpc) is 3.79. The highest BCUT2D eigenvalue weighted by Crippen LogP contribution is 2.48. The molecule has 6 aromatic rings. The lowest BCUT2D eigenvalue weighted by atomic mass is 9.80. The topological polar surface area (TPSA) is 117 Å². The Bertz CT molecular complexity index is 2230. The summed E-state index contributed by atoms with van der Waals surface area (Å²) in [5.41, 5.74) is 1.04. The van der Waals surface area contributed by atoms with E-state index in [2.05, 4.69) is 36.1 Å². The van der Waals surface area contributed by atoms with Crippen LogP contribution in [0.2, 0.25) is 5.02 Å². The van der Waals surface area contributed by atoms with E-state index in [1.165, 1.54) is 6.33 Å². The van der Waals surface area contributed by atoms with Crippen LogP contribution in [0.3, 0.4) is 0 Å². The average molecular weight is 791 g/mol. The first-order chi connectivity index (χ1) is 27.7. The summed E-state index contributed by atoms with van der Waals surface area (Å²) >= 11 is 6.92. The zero-order valence-corrected chi connectivity index (χ0v) is 33.6. The standard InChI is InChI=1S/C45H48ClN5O6/c1-6-51(7-2,8-3)44(53)27-39(50-28-37(46)40-41(47-30-48-42(40)50)49-43(52)31-15-11-9-12-16-31)57-38(44)29-56-45(32-17-13-10-14-18-32,33-19-23-35(54-4)24-20-33)34-21-25-36(55-5)26-22-34/h9-26,28,30,38-39,53H,6-8,27,29H2,1-5H3/p+1/t38-,39+,44+/m1/s1. The molecule has 7 rings (SSSR count). The third-order valence-corrected chi connectivity index (χ3v) is 12.0. The van der Waals surface area contributed by atoms with Gasteiger partial charge < -0.3 is 33.9 Å². The number of aromatic nitrogens is 3. The number of fused-ring (bicyclic) bond motifs is 1. The lowest BCUT2D eigenvalue weighted by molar-refractivity contribution is -0.997. The van der Waals surface area contributed by atoms with Crippen LogP contribution < -0.4 is 14.8 Å². The van der Waals surface area contributed by atoms with Gasteiger partial charge in [0.05, 0.1) is 57.3 Å². The molecule has 0 aliphatic carbocycles. The number of benzene rings is 4. The monoisotopic (exact) mass is 790 g/mol. The number of quaternary nitrogens is 1. The van der Waals surface area contributed by atoms with E-state index in [1.807, 2.05) is 89.5 Å². The number of halogens is 1. The van der Waals surface area contributed by atoms with Crippen molar-refractivity contribution >= 4 is 34.4 Å². The predicted molar refractivity (Wildman–Crippen MR) is 221 cm³/mol. The molecule has 11 nitrogen and oxygen atoms in total. The number of ether oxygens (including phenoxy) is 4. The largest absolute Gasteiger partial charge is 0.497 e. The number of methoxy groups -OCH3 is 2. The first-order valence-electron chi connectivity index (χ1n) is 19.3. The second-order valence-corrected chi connectivity index (χ2v) is 14.6. The van der Waals surface area contributed by atoms with E-state index in [0.717, 1.165) is 16.7 Å². The quantitative estimate of drug-likeness (QED) is 0.0608. The number of carbonyl (C=O) groups is 1. The molecule has 0 unspecified atom stereocenters. The Morgan fingerprint density at radius 2 is 1.40 bits per heavy atom. The zero-order valence-electron chi connectivity index (χ0n) is 32.9. The van der Waals surface area contributed by atoms with Gasteiger partial charge >= 0.3 is 0 Å². The minimum Gasteiger partial charge on any atom is -0.497 e. The maximum atomic E-state index is 13.2. The molecule has 2 aromatic heterocycles. The molecule has 296 valence electrons. The van der Waals surface area contributed by atoms with Gasteiger partial charge in [-0.3, -0.25) is 9.28 Å². The van der Waals surface area contributed by atoms with Gasteiger partial charge in [-0.15, -0.1) is 0 Å². The highest BCUT2D eigenvalue weighted by molar-refractivity contribution is 6.36. The second kappa shape index (κ2) is 16.7. The van der Waals surface area contributed by atoms with Crippen LogP contribution in [-0.4, -0.2) is 82.3 Å². The van der Waals surface area contributed by atoms with Gasteiger partial charge in [-0.1, -0.05) is 84.4 Å². The van der Waals surface area contributed by atoms with Crippen LogP contribution in [0.25, 0.3) is 11.0 Å². The van der Waals surface area contributed by atoms with Crippen molar-refractivity contribution in [2.45, 2.75) is 50.8 Å². The van der Waals surface area contributed by atoms with E-state index in [-0.39, 0.29) is 24.8 Å². The lowest BCUT2D eigenvalue weighted by Gasteiger charge is -2.49. The fraction of sp³-hybridized carbons (Fsp3) is 0.311. The van der Waals surface area contributed by atoms with Crippen molar-refractivity contribution in [3.63, 3.8) is 0 Å². The smallest absolute Gasteiger partial charge is 0.256 e. The molecule has 1 fully saturated rings. The molecule has 0 bridgehead atoms. The van der Waals surface area contributed by atoms with Crippen LogP contribution >= 0.6 is 11.6 Å². The summed E-state index contributed by atoms with van der Waals surface area (Å²) in [6.45, 7) is 8.26. The van der Waals surface area contributed by atoms with Crippen molar-refractivity contribution in [2.75, 3.05) is 45.8 Å². The molecule has 0 radical (unpaired) electrons. The molecule has 2 N–H and O–H groups in total. The first-order valence-corrected chi connectivity index (χ1v) is 19.6. The Balaban J connectivity index is 1.32. The van der Waals surface area contributed by atoms with Gasteiger partial charge in [-0.25, -0.2) is 9.97 Å². The first kappa shape index (κ1) is 39.9. The third kappa shape index (κ3) is 7.15. The predicted octanol–water partition coefficient (Wildman–Crippen LogP) is 8.22. The van der Waals surface area contributed by atoms with Crippen molar-refractivity contribution in [1.82, 2.24) is 14.5 Å². The van der Waals surface area contributed by atoms with Crippen LogP contribution in [0.5, 0.6) is 11.5 Å². The summed E-state index contributed by atoms with van der Waals surface area (Å²) in [4.78, 5) is 22.2. The number of hydrogen-bond donors (Lipinski definition) is 2. The molecule has 0 spiro atoms. The van der Waals surface area contributed by atoms with Gasteiger partial charge in [0.1, 0.15) is 41.1 Å². The number of likely N-dealkylation sites (N-methyl/N-ethyl adjacent to an activating group) is 1. The maximum Gasteiger partial charge on any atom is 0.256 e. The van der Waals surface area contributed by atoms with Crippen molar-refractivity contribution in [3.05, 3.63) is 149 Å². The molecule has 3 atom stereocenters. The van der Waals surface area contributed by atoms with Gasteiger partial charge in [0.2, 0.25) is 5.72 Å². The summed E-state index contributed by atoms with van der Waals surface area (Å²) in [7, 11) is 3.28. The number of anilines is 1. The Hall–Kier alpha value is -5.30. The molecule has 1 amide bonds. The van der Waals surface area contributed by atoms with Gasteiger partial charge in [0.15, 0.2) is 6.10 Å². The van der Waals surface area contributed by atoms with Crippen LogP contribution in [0.15, 0.2) is 122 Å². The van der Waals surface area contributed by atoms with Gasteiger partial charge in [-0.05, 0) is 73.9 Å². The third-order valence-electron chi connectivity index (χ3n) is 11.7. The second-order valence-electron chi connectivity index (χ2n) is 14.2. The molecule has 1 aliphatic heterocycles. The highest BCUT2D eigenvalue weighted by atomic mass is 35.5. The van der Waals surface area contributed by atoms with Gasteiger partial charge in [0, 0.05) is 11.8 Å². The molecule has 12 heteroatoms. The number of rotatable bonds is 15. The van der Waals surface area contributed by atoms with Gasteiger partial charge in [0.25, 0.3) is 5.91 Å². The van der Waals surface area contributed by atoms with E-state index in [1.54, 1.807) is 44.7 Å². The molecule has 57 heavy (non-hydrogen) atoms. The van der Waals surface area contributed by atoms with Crippen molar-refractivity contribution in [1.29, 1.82) is 0 Å². The summed E-state index contributed by atoms with van der Waals surface area (Å²) in [6.07, 6.45) is 1.84. The summed E-state index contributed by atoms with van der Waals surface area (Å²) in [5, 5.41) is 16.9. The van der Waals surface area contributed by atoms with Gasteiger partial charge in [-0.2, -0.15) is 0 Å². The highest BCUT2D eigenvalue weighted by Gasteiger charge is 2.61. The Labute approximate surface area is 338 Å². The van der Waals surface area contributed by atoms with Crippen molar-refractivity contribution < 1.29 is 33.3 Å². The summed E-state index contributed by atoms with van der Waals surface area (Å²) < 4.78 is 27.6. The SMILES string of the molecule is CC[N+](CC)(CC)[C@]1(O)C[C@@H](n2cc(Cl)c3c(NC(=O)c4ccccc4)ncnc32)O[C@@H]1COC(c1ccccc1)(c1ccc(OC)cc1)c1ccc(OC)cc1. The number of carbonyl (C=O) groups excluding carboxylic acids is 1. The Morgan fingerprint density at radius 3 is 1.95 bits per heavy atom. The number of amides is 1. The fourth-order valence-corrected chi connectivity index (χ4v) is 8.74. The van der Waals surface area contributed by atoms with Crippen LogP contribution in [0.4, 0.5) is 5.82 Å². The van der Waals surface area contributed by atoms with E-state index in [9.17, 15) is 9.90 Å². The molecular formula is C45H49ClN5O6+.